The quantitative estimate of drug-likeness (QED) is 0.478. The Morgan fingerprint density at radius 1 is 1.20 bits per heavy atom. The summed E-state index contributed by atoms with van der Waals surface area (Å²) in [7, 11) is 3.10. The van der Waals surface area contributed by atoms with Crippen LogP contribution in [-0.2, 0) is 16.1 Å². The number of carbonyl (C=O) groups excluding carboxylic acids is 2. The second-order valence-corrected chi connectivity index (χ2v) is 7.38. The van der Waals surface area contributed by atoms with Crippen LogP contribution in [0.2, 0.25) is 0 Å². The number of nitriles is 1. The smallest absolute Gasteiger partial charge is 0.356 e. The number of pyridine rings is 1. The monoisotopic (exact) mass is 429 g/mol. The molecule has 0 bridgehead atoms. The zero-order valence-electron chi connectivity index (χ0n) is 17.2. The van der Waals surface area contributed by atoms with E-state index in [-0.39, 0.29) is 23.8 Å². The van der Waals surface area contributed by atoms with Crippen molar-refractivity contribution in [1.29, 1.82) is 5.26 Å². The highest BCUT2D eigenvalue weighted by Crippen LogP contribution is 2.28. The first-order valence-electron chi connectivity index (χ1n) is 9.17. The van der Waals surface area contributed by atoms with Crippen molar-refractivity contribution in [3.05, 3.63) is 47.2 Å². The maximum atomic E-state index is 12.5. The summed E-state index contributed by atoms with van der Waals surface area (Å²) in [6.45, 7) is 3.92. The van der Waals surface area contributed by atoms with Gasteiger partial charge in [-0.2, -0.15) is 5.26 Å². The third-order valence-electron chi connectivity index (χ3n) is 4.04. The first kappa shape index (κ1) is 23.0. The molecule has 1 aromatic heterocycles. The molecule has 1 atom stereocenters. The first-order valence-corrected chi connectivity index (χ1v) is 10.0. The van der Waals surface area contributed by atoms with Crippen molar-refractivity contribution in [3.63, 3.8) is 0 Å². The molecule has 1 unspecified atom stereocenters. The highest BCUT2D eigenvalue weighted by Gasteiger charge is 2.19. The van der Waals surface area contributed by atoms with Gasteiger partial charge < -0.3 is 19.5 Å². The first-order chi connectivity index (χ1) is 14.4. The summed E-state index contributed by atoms with van der Waals surface area (Å²) in [6, 6.07) is 10.3. The van der Waals surface area contributed by atoms with Gasteiger partial charge in [-0.05, 0) is 43.7 Å². The minimum absolute atomic E-state index is 0.0938. The zero-order valence-corrected chi connectivity index (χ0v) is 18.0. The maximum Gasteiger partial charge on any atom is 0.356 e. The third kappa shape index (κ3) is 5.87. The van der Waals surface area contributed by atoms with E-state index in [1.165, 1.54) is 12.1 Å². The van der Waals surface area contributed by atoms with E-state index in [1.807, 2.05) is 12.1 Å². The molecule has 0 aliphatic heterocycles. The summed E-state index contributed by atoms with van der Waals surface area (Å²) in [5.41, 5.74) is 1.22. The SMILES string of the molecule is CCOC(=O)c1ccc(C#N)c(SC(C)C(=O)NCc2ccc(OC)c(OC)c2)n1. The zero-order chi connectivity index (χ0) is 22.1. The van der Waals surface area contributed by atoms with Crippen LogP contribution in [0.3, 0.4) is 0 Å². The summed E-state index contributed by atoms with van der Waals surface area (Å²) >= 11 is 1.10. The minimum atomic E-state index is -0.575. The second-order valence-electron chi connectivity index (χ2n) is 6.05. The van der Waals surface area contributed by atoms with Crippen molar-refractivity contribution in [2.24, 2.45) is 0 Å². The molecule has 0 saturated carbocycles. The van der Waals surface area contributed by atoms with Crippen LogP contribution in [0.5, 0.6) is 11.5 Å². The normalized spacial score (nSPS) is 11.2. The average Bonchev–Trinajstić information content (AvgIpc) is 2.77. The highest BCUT2D eigenvalue weighted by atomic mass is 32.2. The number of hydrogen-bond donors (Lipinski definition) is 1. The van der Waals surface area contributed by atoms with E-state index in [2.05, 4.69) is 10.3 Å². The molecule has 8 nitrogen and oxygen atoms in total. The van der Waals surface area contributed by atoms with Gasteiger partial charge in [-0.3, -0.25) is 4.79 Å². The number of benzene rings is 1. The molecule has 0 aliphatic carbocycles. The number of nitrogens with one attached hydrogen (secondary N) is 1. The highest BCUT2D eigenvalue weighted by molar-refractivity contribution is 8.00. The fraction of sp³-hybridized carbons (Fsp3) is 0.333. The van der Waals surface area contributed by atoms with Gasteiger partial charge in [0.2, 0.25) is 5.91 Å². The molecule has 2 aromatic rings. The van der Waals surface area contributed by atoms with Crippen LogP contribution in [0, 0.1) is 11.3 Å². The molecule has 0 spiro atoms. The predicted molar refractivity (Wildman–Crippen MR) is 112 cm³/mol. The van der Waals surface area contributed by atoms with Crippen molar-refractivity contribution in [2.75, 3.05) is 20.8 Å². The molecule has 158 valence electrons. The summed E-state index contributed by atoms with van der Waals surface area (Å²) < 4.78 is 15.4. The topological polar surface area (TPSA) is 111 Å². The predicted octanol–water partition coefficient (Wildman–Crippen LogP) is 2.94. The number of amides is 1. The molecule has 1 aromatic carbocycles. The van der Waals surface area contributed by atoms with Crippen LogP contribution in [-0.4, -0.2) is 42.9 Å². The Morgan fingerprint density at radius 2 is 1.93 bits per heavy atom. The van der Waals surface area contributed by atoms with E-state index in [4.69, 9.17) is 14.2 Å². The van der Waals surface area contributed by atoms with E-state index in [0.29, 0.717) is 23.1 Å². The lowest BCUT2D eigenvalue weighted by atomic mass is 10.2. The Kier molecular flexibility index (Phi) is 8.50. The number of rotatable bonds is 9. The molecule has 1 N–H and O–H groups in total. The largest absolute Gasteiger partial charge is 0.493 e. The molecule has 1 heterocycles. The summed E-state index contributed by atoms with van der Waals surface area (Å²) in [6.07, 6.45) is 0. The molecule has 0 radical (unpaired) electrons. The van der Waals surface area contributed by atoms with Gasteiger partial charge in [0, 0.05) is 6.54 Å². The Labute approximate surface area is 179 Å². The van der Waals surface area contributed by atoms with Crippen LogP contribution in [0.15, 0.2) is 35.4 Å². The Balaban J connectivity index is 2.06. The van der Waals surface area contributed by atoms with E-state index in [9.17, 15) is 14.9 Å². The van der Waals surface area contributed by atoms with E-state index in [1.54, 1.807) is 40.2 Å². The third-order valence-corrected chi connectivity index (χ3v) is 5.14. The molecular formula is C21H23N3O5S. The number of carbonyl (C=O) groups is 2. The lowest BCUT2D eigenvalue weighted by molar-refractivity contribution is -0.120. The summed E-state index contributed by atoms with van der Waals surface area (Å²) in [4.78, 5) is 28.6. The molecule has 1 amide bonds. The summed E-state index contributed by atoms with van der Waals surface area (Å²) in [5.74, 6) is 0.370. The lowest BCUT2D eigenvalue weighted by Gasteiger charge is -2.14. The van der Waals surface area contributed by atoms with Gasteiger partial charge in [0.1, 0.15) is 16.8 Å². The molecule has 0 saturated heterocycles. The molecule has 2 rings (SSSR count). The van der Waals surface area contributed by atoms with Crippen LogP contribution in [0.4, 0.5) is 0 Å². The van der Waals surface area contributed by atoms with Crippen LogP contribution in [0.1, 0.15) is 35.5 Å². The minimum Gasteiger partial charge on any atom is -0.493 e. The summed E-state index contributed by atoms with van der Waals surface area (Å²) in [5, 5.41) is 11.9. The van der Waals surface area contributed by atoms with Gasteiger partial charge in [0.15, 0.2) is 11.5 Å². The number of aromatic nitrogens is 1. The van der Waals surface area contributed by atoms with Crippen LogP contribution < -0.4 is 14.8 Å². The Hall–Kier alpha value is -3.25. The van der Waals surface area contributed by atoms with E-state index in [0.717, 1.165) is 17.3 Å². The molecule has 0 fully saturated rings. The average molecular weight is 429 g/mol. The maximum absolute atomic E-state index is 12.5. The number of esters is 1. The number of hydrogen-bond acceptors (Lipinski definition) is 8. The van der Waals surface area contributed by atoms with Gasteiger partial charge >= 0.3 is 5.97 Å². The van der Waals surface area contributed by atoms with Crippen LogP contribution >= 0.6 is 11.8 Å². The van der Waals surface area contributed by atoms with Gasteiger partial charge in [-0.1, -0.05) is 17.8 Å². The van der Waals surface area contributed by atoms with Gasteiger partial charge in [-0.25, -0.2) is 9.78 Å². The van der Waals surface area contributed by atoms with Crippen molar-refractivity contribution < 1.29 is 23.8 Å². The number of methoxy groups -OCH3 is 2. The molecule has 9 heteroatoms. The van der Waals surface area contributed by atoms with Gasteiger partial charge in [0.05, 0.1) is 31.6 Å². The Bertz CT molecular complexity index is 958. The Morgan fingerprint density at radius 3 is 2.57 bits per heavy atom. The standard InChI is InChI=1S/C21H23N3O5S/c1-5-29-21(26)16-8-7-15(11-22)20(24-16)30-13(2)19(25)23-12-14-6-9-17(27-3)18(10-14)28-4/h6-10,13H,5,12H2,1-4H3,(H,23,25). The van der Waals surface area contributed by atoms with Crippen molar-refractivity contribution >= 4 is 23.6 Å². The van der Waals surface area contributed by atoms with Crippen molar-refractivity contribution in [3.8, 4) is 17.6 Å². The van der Waals surface area contributed by atoms with Gasteiger partial charge in [-0.15, -0.1) is 0 Å². The van der Waals surface area contributed by atoms with Gasteiger partial charge in [0.25, 0.3) is 0 Å². The van der Waals surface area contributed by atoms with Crippen molar-refractivity contribution in [1.82, 2.24) is 10.3 Å². The second kappa shape index (κ2) is 11.1. The molecule has 30 heavy (non-hydrogen) atoms. The molecular weight excluding hydrogens is 406 g/mol. The van der Waals surface area contributed by atoms with Crippen LogP contribution in [0.25, 0.3) is 0 Å². The number of thioether (sulfide) groups is 1. The van der Waals surface area contributed by atoms with Crippen molar-refractivity contribution in [2.45, 2.75) is 30.7 Å². The fourth-order valence-electron chi connectivity index (χ4n) is 2.48. The number of ether oxygens (including phenoxy) is 3. The fourth-order valence-corrected chi connectivity index (χ4v) is 3.40. The van der Waals surface area contributed by atoms with E-state index >= 15 is 0 Å². The number of nitrogens with zero attached hydrogens (tertiary/aromatic N) is 2. The van der Waals surface area contributed by atoms with E-state index < -0.39 is 11.2 Å². The lowest BCUT2D eigenvalue weighted by Crippen LogP contribution is -2.30. The molecule has 0 aliphatic rings.